The molecule has 2 nitrogen and oxygen atoms in total. The number of likely N-dealkylation sites (tertiary alicyclic amines) is 1. The van der Waals surface area contributed by atoms with Gasteiger partial charge in [-0.3, -0.25) is 4.90 Å². The predicted octanol–water partition coefficient (Wildman–Crippen LogP) is 3.88. The van der Waals surface area contributed by atoms with Crippen molar-refractivity contribution in [3.63, 3.8) is 0 Å². The molecule has 2 atom stereocenters. The van der Waals surface area contributed by atoms with Gasteiger partial charge in [0, 0.05) is 0 Å². The van der Waals surface area contributed by atoms with E-state index in [0.29, 0.717) is 12.8 Å². The van der Waals surface area contributed by atoms with Gasteiger partial charge in [0.05, 0.1) is 12.0 Å². The number of rotatable bonds is 1. The zero-order valence-corrected chi connectivity index (χ0v) is 11.2. The van der Waals surface area contributed by atoms with Crippen molar-refractivity contribution in [3.05, 3.63) is 0 Å². The van der Waals surface area contributed by atoms with Gasteiger partial charge < -0.3 is 0 Å². The highest BCUT2D eigenvalue weighted by Crippen LogP contribution is 2.44. The molecule has 2 rings (SSSR count). The van der Waals surface area contributed by atoms with Crippen LogP contribution in [0.15, 0.2) is 0 Å². The third-order valence-electron chi connectivity index (χ3n) is 4.61. The maximum atomic E-state index is 12.9. The summed E-state index contributed by atoms with van der Waals surface area (Å²) in [6.07, 6.45) is 1.34. The molecule has 0 aromatic carbocycles. The number of halogens is 3. The average Bonchev–Trinajstić information content (AvgIpc) is 2.67. The van der Waals surface area contributed by atoms with Crippen molar-refractivity contribution in [1.82, 2.24) is 4.90 Å². The van der Waals surface area contributed by atoms with E-state index in [1.54, 1.807) is 0 Å². The molecule has 19 heavy (non-hydrogen) atoms. The summed E-state index contributed by atoms with van der Waals surface area (Å²) < 4.78 is 38.8. The molecule has 1 heterocycles. The molecule has 1 aliphatic heterocycles. The van der Waals surface area contributed by atoms with Gasteiger partial charge in [-0.15, -0.1) is 0 Å². The molecule has 1 saturated carbocycles. The number of nitrogens with zero attached hydrogens (tertiary/aromatic N) is 2. The lowest BCUT2D eigenvalue weighted by Crippen LogP contribution is -2.52. The van der Waals surface area contributed by atoms with Crippen LogP contribution in [0.1, 0.15) is 51.4 Å². The Hall–Kier alpha value is -0.760. The van der Waals surface area contributed by atoms with Crippen LogP contribution in [0.5, 0.6) is 0 Å². The van der Waals surface area contributed by atoms with Crippen molar-refractivity contribution in [2.75, 3.05) is 13.1 Å². The number of hydrogen-bond donors (Lipinski definition) is 0. The van der Waals surface area contributed by atoms with Crippen molar-refractivity contribution >= 4 is 0 Å². The first-order valence-electron chi connectivity index (χ1n) is 7.21. The first-order chi connectivity index (χ1) is 8.98. The van der Waals surface area contributed by atoms with Gasteiger partial charge in [-0.25, -0.2) is 0 Å². The summed E-state index contributed by atoms with van der Waals surface area (Å²) in [6, 6.07) is 2.24. The highest BCUT2D eigenvalue weighted by atomic mass is 19.4. The van der Waals surface area contributed by atoms with Crippen molar-refractivity contribution in [1.29, 1.82) is 5.26 Å². The number of alkyl halides is 3. The molecular formula is C14H21F3N2. The first kappa shape index (κ1) is 14.6. The zero-order valence-electron chi connectivity index (χ0n) is 11.2. The van der Waals surface area contributed by atoms with Crippen molar-refractivity contribution in [2.45, 2.75) is 63.1 Å². The first-order valence-corrected chi connectivity index (χ1v) is 7.21. The summed E-state index contributed by atoms with van der Waals surface area (Å²) in [5.41, 5.74) is -0.872. The van der Waals surface area contributed by atoms with E-state index >= 15 is 0 Å². The maximum Gasteiger partial charge on any atom is 0.391 e. The molecule has 2 unspecified atom stereocenters. The quantitative estimate of drug-likeness (QED) is 0.725. The summed E-state index contributed by atoms with van der Waals surface area (Å²) in [6.45, 7) is 1.55. The maximum absolute atomic E-state index is 12.9. The van der Waals surface area contributed by atoms with Crippen molar-refractivity contribution < 1.29 is 13.2 Å². The van der Waals surface area contributed by atoms with Crippen LogP contribution in [-0.2, 0) is 0 Å². The lowest BCUT2D eigenvalue weighted by molar-refractivity contribution is -0.190. The Balaban J connectivity index is 2.14. The minimum Gasteiger partial charge on any atom is -0.286 e. The zero-order chi connectivity index (χ0) is 13.9. The molecule has 0 amide bonds. The molecule has 2 aliphatic rings. The molecule has 2 fully saturated rings. The van der Waals surface area contributed by atoms with Crippen LogP contribution in [-0.4, -0.2) is 29.7 Å². The average molecular weight is 274 g/mol. The molecular weight excluding hydrogens is 253 g/mol. The fraction of sp³-hybridized carbons (Fsp3) is 0.929. The van der Waals surface area contributed by atoms with E-state index in [-0.39, 0.29) is 12.8 Å². The van der Waals surface area contributed by atoms with Crippen LogP contribution in [0.3, 0.4) is 0 Å². The van der Waals surface area contributed by atoms with Gasteiger partial charge in [0.1, 0.15) is 5.54 Å². The Morgan fingerprint density at radius 1 is 1.05 bits per heavy atom. The Labute approximate surface area is 112 Å². The third-order valence-corrected chi connectivity index (χ3v) is 4.61. The molecule has 0 N–H and O–H groups in total. The predicted molar refractivity (Wildman–Crippen MR) is 66.4 cm³/mol. The van der Waals surface area contributed by atoms with E-state index in [4.69, 9.17) is 0 Å². The van der Waals surface area contributed by atoms with Crippen LogP contribution in [0.4, 0.5) is 13.2 Å². The van der Waals surface area contributed by atoms with E-state index in [0.717, 1.165) is 38.8 Å². The van der Waals surface area contributed by atoms with E-state index in [1.807, 2.05) is 4.90 Å². The fourth-order valence-electron chi connectivity index (χ4n) is 3.49. The minimum atomic E-state index is -4.16. The van der Waals surface area contributed by atoms with Gasteiger partial charge >= 0.3 is 6.18 Å². The van der Waals surface area contributed by atoms with E-state index in [1.165, 1.54) is 0 Å². The summed E-state index contributed by atoms with van der Waals surface area (Å²) in [7, 11) is 0. The fourth-order valence-corrected chi connectivity index (χ4v) is 3.49. The van der Waals surface area contributed by atoms with Gasteiger partial charge in [-0.1, -0.05) is 12.8 Å². The van der Waals surface area contributed by atoms with E-state index in [2.05, 4.69) is 6.07 Å². The van der Waals surface area contributed by atoms with Gasteiger partial charge in [0.2, 0.25) is 0 Å². The Kier molecular flexibility index (Phi) is 4.39. The highest BCUT2D eigenvalue weighted by molar-refractivity contribution is 5.11. The van der Waals surface area contributed by atoms with Gasteiger partial charge in [0.25, 0.3) is 0 Å². The summed E-state index contributed by atoms with van der Waals surface area (Å²) in [5, 5.41) is 9.51. The topological polar surface area (TPSA) is 27.0 Å². The second-order valence-corrected chi connectivity index (χ2v) is 5.88. The van der Waals surface area contributed by atoms with Crippen LogP contribution >= 0.6 is 0 Å². The lowest BCUT2D eigenvalue weighted by atomic mass is 9.75. The highest BCUT2D eigenvalue weighted by Gasteiger charge is 2.50. The normalized spacial score (nSPS) is 34.5. The largest absolute Gasteiger partial charge is 0.391 e. The smallest absolute Gasteiger partial charge is 0.286 e. The Bertz CT molecular complexity index is 340. The summed E-state index contributed by atoms with van der Waals surface area (Å²) >= 11 is 0. The lowest BCUT2D eigenvalue weighted by Gasteiger charge is -2.44. The van der Waals surface area contributed by atoms with Crippen molar-refractivity contribution in [2.24, 2.45) is 5.92 Å². The molecule has 0 radical (unpaired) electrons. The Morgan fingerprint density at radius 3 is 2.21 bits per heavy atom. The molecule has 1 saturated heterocycles. The second-order valence-electron chi connectivity index (χ2n) is 5.88. The van der Waals surface area contributed by atoms with Crippen LogP contribution in [0.25, 0.3) is 0 Å². The molecule has 5 heteroatoms. The SMILES string of the molecule is N#CC1(N2CCCCCC2)CCCC(C(F)(F)F)C1. The minimum absolute atomic E-state index is 0.0347. The second kappa shape index (κ2) is 5.70. The molecule has 0 bridgehead atoms. The van der Waals surface area contributed by atoms with Gasteiger partial charge in [-0.05, 0) is 51.6 Å². The standard InChI is InChI=1S/C14H21F3N2/c15-14(16,17)12-6-5-7-13(10-12,11-18)19-8-3-1-2-4-9-19/h12H,1-10H2. The van der Waals surface area contributed by atoms with Crippen molar-refractivity contribution in [3.8, 4) is 6.07 Å². The Morgan fingerprint density at radius 2 is 1.68 bits per heavy atom. The van der Waals surface area contributed by atoms with Crippen LogP contribution in [0.2, 0.25) is 0 Å². The van der Waals surface area contributed by atoms with E-state index < -0.39 is 17.6 Å². The summed E-state index contributed by atoms with van der Waals surface area (Å²) in [4.78, 5) is 2.04. The van der Waals surface area contributed by atoms with E-state index in [9.17, 15) is 18.4 Å². The monoisotopic (exact) mass is 274 g/mol. The van der Waals surface area contributed by atoms with Crippen LogP contribution < -0.4 is 0 Å². The van der Waals surface area contributed by atoms with Crippen LogP contribution in [0, 0.1) is 17.2 Å². The molecule has 0 aromatic rings. The molecule has 108 valence electrons. The summed E-state index contributed by atoms with van der Waals surface area (Å²) in [5.74, 6) is -1.30. The number of nitriles is 1. The third kappa shape index (κ3) is 3.22. The molecule has 0 aromatic heterocycles. The number of hydrogen-bond acceptors (Lipinski definition) is 2. The molecule has 1 aliphatic carbocycles. The van der Waals surface area contributed by atoms with Gasteiger partial charge in [-0.2, -0.15) is 18.4 Å². The van der Waals surface area contributed by atoms with Gasteiger partial charge in [0.15, 0.2) is 0 Å². The molecule has 0 spiro atoms.